The van der Waals surface area contributed by atoms with Crippen LogP contribution in [0.2, 0.25) is 0 Å². The van der Waals surface area contributed by atoms with Gasteiger partial charge in [-0.3, -0.25) is 4.79 Å². The first-order valence-corrected chi connectivity index (χ1v) is 10.4. The van der Waals surface area contributed by atoms with Crippen LogP contribution in [0.3, 0.4) is 0 Å². The molecule has 0 aliphatic heterocycles. The van der Waals surface area contributed by atoms with Crippen LogP contribution in [0.1, 0.15) is 38.8 Å². The molecule has 3 aromatic rings. The van der Waals surface area contributed by atoms with Crippen molar-refractivity contribution >= 4 is 34.9 Å². The third-order valence-corrected chi connectivity index (χ3v) is 5.42. The first-order chi connectivity index (χ1) is 13.4. The Hall–Kier alpha value is -2.60. The molecule has 6 heteroatoms. The lowest BCUT2D eigenvalue weighted by atomic mass is 9.87. The number of nitrogens with zero attached hydrogens (tertiary/aromatic N) is 3. The molecule has 1 amide bonds. The van der Waals surface area contributed by atoms with E-state index in [4.69, 9.17) is 0 Å². The van der Waals surface area contributed by atoms with Crippen molar-refractivity contribution in [1.29, 1.82) is 0 Å². The minimum absolute atomic E-state index is 0.121. The molecule has 1 aromatic heterocycles. The molecule has 146 valence electrons. The largest absolute Gasteiger partial charge is 0.319 e. The van der Waals surface area contributed by atoms with Crippen LogP contribution in [0, 0.1) is 0 Å². The van der Waals surface area contributed by atoms with Crippen LogP contribution in [-0.4, -0.2) is 27.4 Å². The lowest BCUT2D eigenvalue weighted by Crippen LogP contribution is -2.20. The van der Waals surface area contributed by atoms with E-state index in [9.17, 15) is 4.79 Å². The smallest absolute Gasteiger partial charge is 0.250 e. The maximum absolute atomic E-state index is 12.1. The highest BCUT2D eigenvalue weighted by Gasteiger charge is 2.13. The zero-order chi connectivity index (χ0) is 20.1. The summed E-state index contributed by atoms with van der Waals surface area (Å²) in [5.74, 6) is 0.117. The van der Waals surface area contributed by atoms with Gasteiger partial charge in [-0.15, -0.1) is 0 Å². The molecule has 1 heterocycles. The first kappa shape index (κ1) is 20.1. The second kappa shape index (κ2) is 8.61. The summed E-state index contributed by atoms with van der Waals surface area (Å²) in [5.41, 5.74) is 6.97. The zero-order valence-electron chi connectivity index (χ0n) is 16.8. The Labute approximate surface area is 170 Å². The fourth-order valence-corrected chi connectivity index (χ4v) is 3.75. The SMILES string of the molecule is CCn1c(SCC(=O)N/N=C\c2ccc(C(C)(C)C)cc2)nc2ccccc21. The molecule has 0 unspecified atom stereocenters. The number of hydrogen-bond donors (Lipinski definition) is 1. The normalized spacial score (nSPS) is 12.0. The van der Waals surface area contributed by atoms with Gasteiger partial charge in [0.05, 0.1) is 23.0 Å². The van der Waals surface area contributed by atoms with Crippen molar-refractivity contribution in [2.75, 3.05) is 5.75 Å². The van der Waals surface area contributed by atoms with Gasteiger partial charge in [-0.25, -0.2) is 10.4 Å². The van der Waals surface area contributed by atoms with E-state index in [2.05, 4.69) is 59.9 Å². The van der Waals surface area contributed by atoms with Crippen molar-refractivity contribution in [3.63, 3.8) is 0 Å². The number of aryl methyl sites for hydroxylation is 1. The minimum Gasteiger partial charge on any atom is -0.319 e. The van der Waals surface area contributed by atoms with Crippen molar-refractivity contribution < 1.29 is 4.79 Å². The maximum atomic E-state index is 12.1. The summed E-state index contributed by atoms with van der Waals surface area (Å²) < 4.78 is 2.12. The van der Waals surface area contributed by atoms with Crippen molar-refractivity contribution in [3.8, 4) is 0 Å². The van der Waals surface area contributed by atoms with Crippen molar-refractivity contribution in [2.45, 2.75) is 44.8 Å². The summed E-state index contributed by atoms with van der Waals surface area (Å²) in [6.45, 7) is 9.43. The van der Waals surface area contributed by atoms with Crippen LogP contribution in [0.4, 0.5) is 0 Å². The molecule has 0 fully saturated rings. The summed E-state index contributed by atoms with van der Waals surface area (Å²) in [4.78, 5) is 16.7. The molecular weight excluding hydrogens is 368 g/mol. The first-order valence-electron chi connectivity index (χ1n) is 9.39. The number of carbonyl (C=O) groups is 1. The van der Waals surface area contributed by atoms with Crippen LogP contribution in [0.25, 0.3) is 11.0 Å². The number of nitrogens with one attached hydrogen (secondary N) is 1. The van der Waals surface area contributed by atoms with E-state index < -0.39 is 0 Å². The molecule has 3 rings (SSSR count). The Morgan fingerprint density at radius 1 is 1.18 bits per heavy atom. The molecule has 0 aliphatic rings. The number of imidazole rings is 1. The molecule has 0 bridgehead atoms. The average molecular weight is 395 g/mol. The molecule has 28 heavy (non-hydrogen) atoms. The molecule has 5 nitrogen and oxygen atoms in total. The standard InChI is InChI=1S/C22H26N4OS/c1-5-26-19-9-7-6-8-18(19)24-21(26)28-15-20(27)25-23-14-16-10-12-17(13-11-16)22(2,3)4/h6-14H,5,15H2,1-4H3,(H,25,27)/b23-14-. The van der Waals surface area contributed by atoms with Gasteiger partial charge < -0.3 is 4.57 Å². The van der Waals surface area contributed by atoms with Gasteiger partial charge >= 0.3 is 0 Å². The summed E-state index contributed by atoms with van der Waals surface area (Å²) >= 11 is 1.42. The van der Waals surface area contributed by atoms with Gasteiger partial charge in [0.2, 0.25) is 0 Å². The second-order valence-electron chi connectivity index (χ2n) is 7.58. The predicted octanol–water partition coefficient (Wildman–Crippen LogP) is 4.60. The van der Waals surface area contributed by atoms with Gasteiger partial charge in [-0.1, -0.05) is 68.9 Å². The highest BCUT2D eigenvalue weighted by molar-refractivity contribution is 7.99. The van der Waals surface area contributed by atoms with Gasteiger partial charge in [-0.05, 0) is 35.6 Å². The molecule has 0 saturated carbocycles. The van der Waals surface area contributed by atoms with E-state index >= 15 is 0 Å². The Morgan fingerprint density at radius 2 is 1.89 bits per heavy atom. The number of rotatable bonds is 6. The van der Waals surface area contributed by atoms with Crippen molar-refractivity contribution in [2.24, 2.45) is 5.10 Å². The van der Waals surface area contributed by atoms with E-state index in [1.54, 1.807) is 6.21 Å². The number of thioether (sulfide) groups is 1. The van der Waals surface area contributed by atoms with Crippen LogP contribution in [0.5, 0.6) is 0 Å². The summed E-state index contributed by atoms with van der Waals surface area (Å²) in [5, 5.41) is 4.91. The van der Waals surface area contributed by atoms with E-state index in [-0.39, 0.29) is 17.1 Å². The fourth-order valence-electron chi connectivity index (χ4n) is 2.88. The number of benzene rings is 2. The molecular formula is C22H26N4OS. The zero-order valence-corrected chi connectivity index (χ0v) is 17.6. The van der Waals surface area contributed by atoms with Crippen LogP contribution in [-0.2, 0) is 16.8 Å². The molecule has 2 aromatic carbocycles. The summed E-state index contributed by atoms with van der Waals surface area (Å²) in [6.07, 6.45) is 1.66. The number of carbonyl (C=O) groups excluding carboxylic acids is 1. The Bertz CT molecular complexity index is 984. The summed E-state index contributed by atoms with van der Waals surface area (Å²) in [6, 6.07) is 16.2. The van der Waals surface area contributed by atoms with Crippen LogP contribution >= 0.6 is 11.8 Å². The van der Waals surface area contributed by atoms with Gasteiger partial charge in [0, 0.05) is 6.54 Å². The quantitative estimate of drug-likeness (QED) is 0.378. The predicted molar refractivity (Wildman–Crippen MR) is 117 cm³/mol. The van der Waals surface area contributed by atoms with Crippen LogP contribution < -0.4 is 5.43 Å². The molecule has 1 N–H and O–H groups in total. The Kier molecular flexibility index (Phi) is 6.19. The maximum Gasteiger partial charge on any atom is 0.250 e. The highest BCUT2D eigenvalue weighted by Crippen LogP contribution is 2.24. The number of hydrogen-bond acceptors (Lipinski definition) is 4. The lowest BCUT2D eigenvalue weighted by molar-refractivity contribution is -0.118. The number of para-hydroxylation sites is 2. The van der Waals surface area contributed by atoms with Gasteiger partial charge in [0.15, 0.2) is 5.16 Å². The average Bonchev–Trinajstić information content (AvgIpc) is 3.03. The van der Waals surface area contributed by atoms with Crippen molar-refractivity contribution in [3.05, 3.63) is 59.7 Å². The monoisotopic (exact) mass is 394 g/mol. The Balaban J connectivity index is 1.56. The lowest BCUT2D eigenvalue weighted by Gasteiger charge is -2.18. The molecule has 0 aliphatic carbocycles. The number of amides is 1. The minimum atomic E-state index is -0.151. The van der Waals surface area contributed by atoms with E-state index in [0.29, 0.717) is 0 Å². The third kappa shape index (κ3) is 4.81. The number of aromatic nitrogens is 2. The topological polar surface area (TPSA) is 59.3 Å². The van der Waals surface area contributed by atoms with E-state index in [0.717, 1.165) is 28.3 Å². The molecule has 0 saturated heterocycles. The second-order valence-corrected chi connectivity index (χ2v) is 8.52. The molecule has 0 radical (unpaired) electrons. The number of fused-ring (bicyclic) bond motifs is 1. The van der Waals surface area contributed by atoms with Crippen LogP contribution in [0.15, 0.2) is 58.8 Å². The van der Waals surface area contributed by atoms with Gasteiger partial charge in [0.25, 0.3) is 5.91 Å². The molecule has 0 atom stereocenters. The number of hydrazone groups is 1. The fraction of sp³-hybridized carbons (Fsp3) is 0.318. The highest BCUT2D eigenvalue weighted by atomic mass is 32.2. The van der Waals surface area contributed by atoms with E-state index in [1.165, 1.54) is 17.3 Å². The molecule has 0 spiro atoms. The van der Waals surface area contributed by atoms with Gasteiger partial charge in [-0.2, -0.15) is 5.10 Å². The Morgan fingerprint density at radius 3 is 2.57 bits per heavy atom. The third-order valence-electron chi connectivity index (χ3n) is 4.45. The van der Waals surface area contributed by atoms with Crippen molar-refractivity contribution in [1.82, 2.24) is 15.0 Å². The van der Waals surface area contributed by atoms with Gasteiger partial charge in [0.1, 0.15) is 0 Å². The van der Waals surface area contributed by atoms with E-state index in [1.807, 2.05) is 36.4 Å². The summed E-state index contributed by atoms with van der Waals surface area (Å²) in [7, 11) is 0.